The van der Waals surface area contributed by atoms with Gasteiger partial charge in [-0.1, -0.05) is 69.7 Å². The number of aromatic carboxylic acids is 1. The van der Waals surface area contributed by atoms with Crippen LogP contribution in [0.1, 0.15) is 60.9 Å². The van der Waals surface area contributed by atoms with Crippen molar-refractivity contribution in [3.8, 4) is 11.1 Å². The molecule has 0 saturated carbocycles. The number of alkyl halides is 3. The summed E-state index contributed by atoms with van der Waals surface area (Å²) in [6.45, 7) is 5.46. The lowest BCUT2D eigenvalue weighted by Crippen LogP contribution is -2.28. The lowest BCUT2D eigenvalue weighted by molar-refractivity contribution is -0.144. The van der Waals surface area contributed by atoms with Gasteiger partial charge in [0.05, 0.1) is 17.8 Å². The SMILES string of the molecule is CCCCc1c(C(F)(F)F)n(CC(C)C)c(=O)n1Cc1ccc(-c2ccccc2C(=O)O)cc1. The summed E-state index contributed by atoms with van der Waals surface area (Å²) in [7, 11) is 0. The lowest BCUT2D eigenvalue weighted by Gasteiger charge is -2.14. The van der Waals surface area contributed by atoms with Gasteiger partial charge in [-0.3, -0.25) is 9.13 Å². The molecule has 0 aliphatic carbocycles. The van der Waals surface area contributed by atoms with Gasteiger partial charge in [0.2, 0.25) is 0 Å². The van der Waals surface area contributed by atoms with Crippen LogP contribution in [0.5, 0.6) is 0 Å². The third kappa shape index (κ3) is 5.43. The third-order valence-electron chi connectivity index (χ3n) is 5.68. The van der Waals surface area contributed by atoms with Crippen LogP contribution >= 0.6 is 0 Å². The molecular weight excluding hydrogens is 445 g/mol. The summed E-state index contributed by atoms with van der Waals surface area (Å²) in [6, 6.07) is 13.5. The summed E-state index contributed by atoms with van der Waals surface area (Å²) >= 11 is 0. The molecule has 0 fully saturated rings. The highest BCUT2D eigenvalue weighted by Gasteiger charge is 2.40. The molecule has 34 heavy (non-hydrogen) atoms. The fraction of sp³-hybridized carbons (Fsp3) is 0.385. The van der Waals surface area contributed by atoms with E-state index in [0.29, 0.717) is 29.5 Å². The van der Waals surface area contributed by atoms with E-state index >= 15 is 0 Å². The third-order valence-corrected chi connectivity index (χ3v) is 5.68. The normalized spacial score (nSPS) is 11.9. The minimum Gasteiger partial charge on any atom is -0.478 e. The molecule has 2 aromatic carbocycles. The molecule has 5 nitrogen and oxygen atoms in total. The summed E-state index contributed by atoms with van der Waals surface area (Å²) < 4.78 is 44.2. The monoisotopic (exact) mass is 474 g/mol. The van der Waals surface area contributed by atoms with Crippen LogP contribution < -0.4 is 5.69 Å². The second-order valence-electron chi connectivity index (χ2n) is 8.82. The standard InChI is InChI=1S/C26H29F3N2O3/c1-4-5-10-22-23(26(27,28)29)31(15-17(2)3)25(34)30(22)16-18-11-13-19(14-12-18)20-8-6-7-9-21(20)24(32)33/h6-9,11-14,17H,4-5,10,15-16H2,1-3H3,(H,32,33). The molecule has 3 aromatic rings. The highest BCUT2D eigenvalue weighted by atomic mass is 19.4. The Bertz CT molecular complexity index is 1210. The molecule has 0 spiro atoms. The first-order valence-corrected chi connectivity index (χ1v) is 11.4. The van der Waals surface area contributed by atoms with Gasteiger partial charge in [0, 0.05) is 6.54 Å². The molecule has 1 N–H and O–H groups in total. The van der Waals surface area contributed by atoms with Gasteiger partial charge in [-0.15, -0.1) is 0 Å². The summed E-state index contributed by atoms with van der Waals surface area (Å²) in [4.78, 5) is 24.7. The zero-order valence-corrected chi connectivity index (χ0v) is 19.5. The van der Waals surface area contributed by atoms with Crippen molar-refractivity contribution in [1.82, 2.24) is 9.13 Å². The summed E-state index contributed by atoms with van der Waals surface area (Å²) in [5.41, 5.74) is 0.540. The van der Waals surface area contributed by atoms with Crippen LogP contribution in [0.2, 0.25) is 0 Å². The average Bonchev–Trinajstić information content (AvgIpc) is 3.03. The van der Waals surface area contributed by atoms with Crippen molar-refractivity contribution in [3.05, 3.63) is 81.5 Å². The van der Waals surface area contributed by atoms with Crippen molar-refractivity contribution in [2.24, 2.45) is 5.92 Å². The number of hydrogen-bond donors (Lipinski definition) is 1. The van der Waals surface area contributed by atoms with E-state index in [2.05, 4.69) is 0 Å². The number of benzene rings is 2. The Morgan fingerprint density at radius 3 is 2.24 bits per heavy atom. The fourth-order valence-electron chi connectivity index (χ4n) is 4.15. The Hall–Kier alpha value is -3.29. The zero-order chi connectivity index (χ0) is 25.0. The van der Waals surface area contributed by atoms with E-state index in [9.17, 15) is 27.9 Å². The van der Waals surface area contributed by atoms with Gasteiger partial charge in [0.1, 0.15) is 5.69 Å². The zero-order valence-electron chi connectivity index (χ0n) is 19.5. The maximum Gasteiger partial charge on any atom is 0.433 e. The highest BCUT2D eigenvalue weighted by molar-refractivity contribution is 5.95. The van der Waals surface area contributed by atoms with E-state index in [-0.39, 0.29) is 36.7 Å². The van der Waals surface area contributed by atoms with Gasteiger partial charge in [-0.2, -0.15) is 13.2 Å². The van der Waals surface area contributed by atoms with Gasteiger partial charge < -0.3 is 5.11 Å². The van der Waals surface area contributed by atoms with Crippen LogP contribution in [-0.2, 0) is 25.7 Å². The van der Waals surface area contributed by atoms with E-state index in [0.717, 1.165) is 4.57 Å². The molecule has 1 heterocycles. The maximum atomic E-state index is 14.0. The van der Waals surface area contributed by atoms with Crippen molar-refractivity contribution >= 4 is 5.97 Å². The van der Waals surface area contributed by atoms with Gasteiger partial charge in [0.15, 0.2) is 0 Å². The molecule has 0 radical (unpaired) electrons. The maximum absolute atomic E-state index is 14.0. The largest absolute Gasteiger partial charge is 0.478 e. The number of carboxylic acid groups (broad SMARTS) is 1. The van der Waals surface area contributed by atoms with E-state index < -0.39 is 23.5 Å². The van der Waals surface area contributed by atoms with Crippen LogP contribution in [0, 0.1) is 5.92 Å². The van der Waals surface area contributed by atoms with Crippen LogP contribution in [0.4, 0.5) is 13.2 Å². The molecule has 0 unspecified atom stereocenters. The Morgan fingerprint density at radius 2 is 1.68 bits per heavy atom. The van der Waals surface area contributed by atoms with Gasteiger partial charge in [-0.05, 0) is 41.5 Å². The van der Waals surface area contributed by atoms with Crippen molar-refractivity contribution < 1.29 is 23.1 Å². The minimum atomic E-state index is -4.63. The summed E-state index contributed by atoms with van der Waals surface area (Å²) in [6.07, 6.45) is -3.22. The van der Waals surface area contributed by atoms with Gasteiger partial charge in [0.25, 0.3) is 0 Å². The second-order valence-corrected chi connectivity index (χ2v) is 8.82. The van der Waals surface area contributed by atoms with Crippen LogP contribution in [-0.4, -0.2) is 20.2 Å². The molecule has 1 aromatic heterocycles. The summed E-state index contributed by atoms with van der Waals surface area (Å²) in [5.74, 6) is -1.17. The predicted molar refractivity (Wildman–Crippen MR) is 125 cm³/mol. The number of aromatic nitrogens is 2. The number of halogens is 3. The molecule has 8 heteroatoms. The van der Waals surface area contributed by atoms with Gasteiger partial charge >= 0.3 is 17.8 Å². The van der Waals surface area contributed by atoms with E-state index in [1.165, 1.54) is 10.6 Å². The molecule has 182 valence electrons. The molecule has 0 saturated heterocycles. The van der Waals surface area contributed by atoms with Crippen LogP contribution in [0.15, 0.2) is 53.3 Å². The number of carboxylic acids is 1. The van der Waals surface area contributed by atoms with Crippen molar-refractivity contribution in [3.63, 3.8) is 0 Å². The first-order valence-electron chi connectivity index (χ1n) is 11.4. The van der Waals surface area contributed by atoms with Crippen LogP contribution in [0.3, 0.4) is 0 Å². The summed E-state index contributed by atoms with van der Waals surface area (Å²) in [5, 5.41) is 9.43. The van der Waals surface area contributed by atoms with Crippen LogP contribution in [0.25, 0.3) is 11.1 Å². The van der Waals surface area contributed by atoms with Crippen molar-refractivity contribution in [2.45, 2.75) is 59.3 Å². The number of hydrogen-bond acceptors (Lipinski definition) is 2. The van der Waals surface area contributed by atoms with Crippen molar-refractivity contribution in [2.75, 3.05) is 0 Å². The van der Waals surface area contributed by atoms with E-state index in [1.807, 2.05) is 6.92 Å². The number of unbranched alkanes of at least 4 members (excludes halogenated alkanes) is 1. The number of rotatable bonds is 9. The minimum absolute atomic E-state index is 0.00686. The number of imidazole rings is 1. The quantitative estimate of drug-likeness (QED) is 0.409. The lowest BCUT2D eigenvalue weighted by atomic mass is 9.98. The first-order chi connectivity index (χ1) is 16.0. The predicted octanol–water partition coefficient (Wildman–Crippen LogP) is 6.08. The fourth-order valence-corrected chi connectivity index (χ4v) is 4.15. The smallest absolute Gasteiger partial charge is 0.433 e. The van der Waals surface area contributed by atoms with Crippen molar-refractivity contribution in [1.29, 1.82) is 0 Å². The van der Waals surface area contributed by atoms with E-state index in [1.54, 1.807) is 56.3 Å². The molecule has 0 bridgehead atoms. The number of nitrogens with zero attached hydrogens (tertiary/aromatic N) is 2. The molecule has 0 amide bonds. The molecule has 0 atom stereocenters. The molecule has 0 aliphatic heterocycles. The first kappa shape index (κ1) is 25.3. The topological polar surface area (TPSA) is 64.2 Å². The van der Waals surface area contributed by atoms with E-state index in [4.69, 9.17) is 0 Å². The Balaban J connectivity index is 2.04. The average molecular weight is 475 g/mol. The Labute approximate surface area is 196 Å². The Kier molecular flexibility index (Phi) is 7.69. The highest BCUT2D eigenvalue weighted by Crippen LogP contribution is 2.33. The Morgan fingerprint density at radius 1 is 1.03 bits per heavy atom. The number of carbonyl (C=O) groups is 1. The molecule has 3 rings (SSSR count). The molecule has 0 aliphatic rings. The molecular formula is C26H29F3N2O3. The van der Waals surface area contributed by atoms with Gasteiger partial charge in [-0.25, -0.2) is 9.59 Å². The second kappa shape index (κ2) is 10.3.